The number of nitrogens with zero attached hydrogens (tertiary/aromatic N) is 1. The third kappa shape index (κ3) is 3.23. The first-order valence-corrected chi connectivity index (χ1v) is 7.13. The molecule has 106 valence electrons. The molecule has 0 saturated carbocycles. The molecule has 3 atom stereocenters. The molecule has 1 aliphatic rings. The lowest BCUT2D eigenvalue weighted by Gasteiger charge is -2.34. The molecule has 4 heteroatoms. The van der Waals surface area contributed by atoms with Crippen molar-refractivity contribution in [1.29, 1.82) is 0 Å². The summed E-state index contributed by atoms with van der Waals surface area (Å²) in [5, 5.41) is 3.46. The Balaban J connectivity index is 2.87. The predicted molar refractivity (Wildman–Crippen MR) is 73.3 cm³/mol. The van der Waals surface area contributed by atoms with Crippen molar-refractivity contribution in [3.8, 4) is 0 Å². The number of nitrogens with one attached hydrogen (secondary N) is 1. The van der Waals surface area contributed by atoms with E-state index in [2.05, 4.69) is 33.0 Å². The van der Waals surface area contributed by atoms with Crippen LogP contribution in [0, 0.1) is 5.92 Å². The van der Waals surface area contributed by atoms with Crippen LogP contribution in [-0.4, -0.2) is 42.8 Å². The number of amides is 1. The number of carbonyl (C=O) groups is 1. The first kappa shape index (κ1) is 15.4. The number of methoxy groups -OCH3 is 1. The SMILES string of the molecule is CCCC(COC)N1C(=O)C(CC)NC1C(C)C. The van der Waals surface area contributed by atoms with Gasteiger partial charge in [-0.05, 0) is 18.8 Å². The quantitative estimate of drug-likeness (QED) is 0.757. The highest BCUT2D eigenvalue weighted by atomic mass is 16.5. The smallest absolute Gasteiger partial charge is 0.241 e. The van der Waals surface area contributed by atoms with E-state index in [1.165, 1.54) is 0 Å². The summed E-state index contributed by atoms with van der Waals surface area (Å²) in [6, 6.07) is 0.178. The zero-order chi connectivity index (χ0) is 13.7. The average molecular weight is 256 g/mol. The van der Waals surface area contributed by atoms with Gasteiger partial charge in [0.05, 0.1) is 24.9 Å². The van der Waals surface area contributed by atoms with Crippen LogP contribution in [0.4, 0.5) is 0 Å². The molecule has 0 aliphatic carbocycles. The van der Waals surface area contributed by atoms with Crippen LogP contribution in [0.5, 0.6) is 0 Å². The summed E-state index contributed by atoms with van der Waals surface area (Å²) < 4.78 is 5.29. The summed E-state index contributed by atoms with van der Waals surface area (Å²) in [5.74, 6) is 0.661. The highest BCUT2D eigenvalue weighted by molar-refractivity contribution is 5.84. The molecule has 0 radical (unpaired) electrons. The number of carbonyl (C=O) groups excluding carboxylic acids is 1. The standard InChI is InChI=1S/C14H28N2O2/c1-6-8-11(9-18-5)16-13(10(3)4)15-12(7-2)14(16)17/h10-13,15H,6-9H2,1-5H3. The lowest BCUT2D eigenvalue weighted by molar-refractivity contribution is -0.134. The van der Waals surface area contributed by atoms with Crippen LogP contribution < -0.4 is 5.32 Å². The predicted octanol–water partition coefficient (Wildman–Crippen LogP) is 1.99. The summed E-state index contributed by atoms with van der Waals surface area (Å²) in [7, 11) is 1.71. The second kappa shape index (κ2) is 7.10. The van der Waals surface area contributed by atoms with Gasteiger partial charge in [-0.1, -0.05) is 34.1 Å². The van der Waals surface area contributed by atoms with Crippen molar-refractivity contribution in [3.63, 3.8) is 0 Å². The van der Waals surface area contributed by atoms with Gasteiger partial charge in [-0.15, -0.1) is 0 Å². The van der Waals surface area contributed by atoms with Gasteiger partial charge in [0.1, 0.15) is 0 Å². The maximum absolute atomic E-state index is 12.5. The fraction of sp³-hybridized carbons (Fsp3) is 0.929. The van der Waals surface area contributed by atoms with E-state index in [1.54, 1.807) is 7.11 Å². The molecular weight excluding hydrogens is 228 g/mol. The van der Waals surface area contributed by atoms with E-state index in [-0.39, 0.29) is 24.2 Å². The van der Waals surface area contributed by atoms with Gasteiger partial charge >= 0.3 is 0 Å². The maximum atomic E-state index is 12.5. The minimum absolute atomic E-state index is 0.0198. The summed E-state index contributed by atoms with van der Waals surface area (Å²) >= 11 is 0. The molecule has 1 aliphatic heterocycles. The summed E-state index contributed by atoms with van der Waals surface area (Å²) in [6.07, 6.45) is 3.07. The molecule has 0 aromatic heterocycles. The topological polar surface area (TPSA) is 41.6 Å². The van der Waals surface area contributed by atoms with Crippen molar-refractivity contribution in [2.24, 2.45) is 5.92 Å². The Kier molecular flexibility index (Phi) is 6.09. The van der Waals surface area contributed by atoms with Gasteiger partial charge in [0, 0.05) is 7.11 Å². The Morgan fingerprint density at radius 2 is 2.06 bits per heavy atom. The van der Waals surface area contributed by atoms with Crippen LogP contribution in [0.15, 0.2) is 0 Å². The zero-order valence-electron chi connectivity index (χ0n) is 12.4. The zero-order valence-corrected chi connectivity index (χ0v) is 12.4. The van der Waals surface area contributed by atoms with E-state index >= 15 is 0 Å². The van der Waals surface area contributed by atoms with Gasteiger partial charge < -0.3 is 9.64 Å². The molecule has 0 bridgehead atoms. The molecule has 1 fully saturated rings. The Morgan fingerprint density at radius 3 is 2.50 bits per heavy atom. The molecule has 1 N–H and O–H groups in total. The molecular formula is C14H28N2O2. The molecule has 0 aromatic rings. The normalized spacial score (nSPS) is 26.1. The van der Waals surface area contributed by atoms with Gasteiger partial charge in [0.2, 0.25) is 5.91 Å². The van der Waals surface area contributed by atoms with Crippen LogP contribution in [0.3, 0.4) is 0 Å². The van der Waals surface area contributed by atoms with E-state index in [0.29, 0.717) is 12.5 Å². The Hall–Kier alpha value is -0.610. The number of rotatable bonds is 7. The third-order valence-electron chi connectivity index (χ3n) is 3.64. The largest absolute Gasteiger partial charge is 0.383 e. The fourth-order valence-electron chi connectivity index (χ4n) is 2.72. The first-order chi connectivity index (χ1) is 8.56. The summed E-state index contributed by atoms with van der Waals surface area (Å²) in [4.78, 5) is 14.5. The Morgan fingerprint density at radius 1 is 1.39 bits per heavy atom. The molecule has 0 spiro atoms. The van der Waals surface area contributed by atoms with Gasteiger partial charge in [-0.3, -0.25) is 10.1 Å². The van der Waals surface area contributed by atoms with E-state index in [0.717, 1.165) is 19.3 Å². The van der Waals surface area contributed by atoms with Crippen molar-refractivity contribution in [1.82, 2.24) is 10.2 Å². The van der Waals surface area contributed by atoms with Crippen molar-refractivity contribution in [2.75, 3.05) is 13.7 Å². The van der Waals surface area contributed by atoms with Crippen molar-refractivity contribution >= 4 is 5.91 Å². The van der Waals surface area contributed by atoms with Crippen molar-refractivity contribution in [2.45, 2.75) is 65.2 Å². The van der Waals surface area contributed by atoms with Crippen LogP contribution in [-0.2, 0) is 9.53 Å². The highest BCUT2D eigenvalue weighted by Crippen LogP contribution is 2.24. The average Bonchev–Trinajstić information content (AvgIpc) is 2.66. The lowest BCUT2D eigenvalue weighted by Crippen LogP contribution is -2.49. The number of ether oxygens (including phenoxy) is 1. The fourth-order valence-corrected chi connectivity index (χ4v) is 2.72. The van der Waals surface area contributed by atoms with Crippen LogP contribution in [0.1, 0.15) is 47.0 Å². The van der Waals surface area contributed by atoms with E-state index < -0.39 is 0 Å². The molecule has 1 saturated heterocycles. The summed E-state index contributed by atoms with van der Waals surface area (Å²) in [6.45, 7) is 9.15. The molecule has 18 heavy (non-hydrogen) atoms. The minimum Gasteiger partial charge on any atom is -0.383 e. The van der Waals surface area contributed by atoms with E-state index in [1.807, 2.05) is 4.90 Å². The molecule has 1 heterocycles. The van der Waals surface area contributed by atoms with E-state index in [9.17, 15) is 4.79 Å². The second-order valence-electron chi connectivity index (χ2n) is 5.46. The molecule has 3 unspecified atom stereocenters. The van der Waals surface area contributed by atoms with Gasteiger partial charge in [-0.2, -0.15) is 0 Å². The lowest BCUT2D eigenvalue weighted by atomic mass is 10.1. The van der Waals surface area contributed by atoms with Crippen LogP contribution in [0.2, 0.25) is 0 Å². The summed E-state index contributed by atoms with van der Waals surface area (Å²) in [5.41, 5.74) is 0. The molecule has 4 nitrogen and oxygen atoms in total. The minimum atomic E-state index is -0.0198. The molecule has 1 amide bonds. The molecule has 1 rings (SSSR count). The van der Waals surface area contributed by atoms with Crippen molar-refractivity contribution in [3.05, 3.63) is 0 Å². The monoisotopic (exact) mass is 256 g/mol. The number of hydrogen-bond donors (Lipinski definition) is 1. The Labute approximate surface area is 111 Å². The number of hydrogen-bond acceptors (Lipinski definition) is 3. The van der Waals surface area contributed by atoms with E-state index in [4.69, 9.17) is 4.74 Å². The van der Waals surface area contributed by atoms with Gasteiger partial charge in [0.25, 0.3) is 0 Å². The maximum Gasteiger partial charge on any atom is 0.241 e. The van der Waals surface area contributed by atoms with Crippen LogP contribution in [0.25, 0.3) is 0 Å². The van der Waals surface area contributed by atoms with Gasteiger partial charge in [-0.25, -0.2) is 0 Å². The highest BCUT2D eigenvalue weighted by Gasteiger charge is 2.42. The second-order valence-corrected chi connectivity index (χ2v) is 5.46. The van der Waals surface area contributed by atoms with Crippen molar-refractivity contribution < 1.29 is 9.53 Å². The van der Waals surface area contributed by atoms with Gasteiger partial charge in [0.15, 0.2) is 0 Å². The first-order valence-electron chi connectivity index (χ1n) is 7.13. The van der Waals surface area contributed by atoms with Crippen LogP contribution >= 0.6 is 0 Å². The third-order valence-corrected chi connectivity index (χ3v) is 3.64. The Bertz CT molecular complexity index is 263. The molecule has 0 aromatic carbocycles.